The van der Waals surface area contributed by atoms with Gasteiger partial charge in [0.2, 0.25) is 0 Å². The van der Waals surface area contributed by atoms with Crippen LogP contribution in [0.2, 0.25) is 0 Å². The van der Waals surface area contributed by atoms with Crippen molar-refractivity contribution in [2.24, 2.45) is 0 Å². The largest absolute Gasteiger partial charge is 0.480 e. The maximum Gasteiger partial charge on any atom is 0.417 e. The van der Waals surface area contributed by atoms with Gasteiger partial charge in [0.15, 0.2) is 0 Å². The zero-order valence-corrected chi connectivity index (χ0v) is 16.9. The summed E-state index contributed by atoms with van der Waals surface area (Å²) in [5.74, 6) is -0.713. The number of alkyl halides is 3. The van der Waals surface area contributed by atoms with Crippen molar-refractivity contribution in [3.05, 3.63) is 47.7 Å². The van der Waals surface area contributed by atoms with Crippen LogP contribution in [0.1, 0.15) is 43.7 Å². The number of carboxylic acids is 1. The number of nitrogens with zero attached hydrogens (tertiary/aromatic N) is 1. The van der Waals surface area contributed by atoms with Crippen LogP contribution in [0, 0.1) is 0 Å². The van der Waals surface area contributed by atoms with Gasteiger partial charge in [-0.3, -0.25) is 0 Å². The molecule has 0 spiro atoms. The Morgan fingerprint density at radius 1 is 1.28 bits per heavy atom. The number of halogens is 3. The second-order valence-corrected chi connectivity index (χ2v) is 8.92. The lowest BCUT2D eigenvalue weighted by atomic mass is 9.77. The van der Waals surface area contributed by atoms with E-state index in [1.807, 2.05) is 38.1 Å². The van der Waals surface area contributed by atoms with Crippen LogP contribution in [0.3, 0.4) is 0 Å². The zero-order chi connectivity index (χ0) is 21.2. The van der Waals surface area contributed by atoms with Crippen LogP contribution in [0.15, 0.2) is 41.6 Å². The highest BCUT2D eigenvalue weighted by Gasteiger charge is 2.33. The number of benzene rings is 1. The number of hydrogen-bond acceptors (Lipinski definition) is 4. The van der Waals surface area contributed by atoms with Crippen molar-refractivity contribution < 1.29 is 27.8 Å². The fraction of sp³-hybridized carbons (Fsp3) is 0.429. The first-order valence-corrected chi connectivity index (χ1v) is 10.2. The molecule has 0 unspecified atom stereocenters. The van der Waals surface area contributed by atoms with Crippen molar-refractivity contribution in [3.8, 4) is 11.1 Å². The van der Waals surface area contributed by atoms with E-state index in [0.717, 1.165) is 30.7 Å². The van der Waals surface area contributed by atoms with Gasteiger partial charge in [-0.05, 0) is 36.0 Å². The van der Waals surface area contributed by atoms with Crippen LogP contribution in [0.5, 0.6) is 0 Å². The van der Waals surface area contributed by atoms with Crippen molar-refractivity contribution >= 4 is 17.7 Å². The van der Waals surface area contributed by atoms with Gasteiger partial charge in [0, 0.05) is 17.0 Å². The minimum atomic E-state index is -4.44. The lowest BCUT2D eigenvalue weighted by Gasteiger charge is -2.35. The highest BCUT2D eigenvalue weighted by molar-refractivity contribution is 7.99. The smallest absolute Gasteiger partial charge is 0.417 e. The Morgan fingerprint density at radius 3 is 2.48 bits per heavy atom. The molecule has 2 aromatic rings. The first kappa shape index (κ1) is 21.6. The Morgan fingerprint density at radius 2 is 1.93 bits per heavy atom. The molecule has 8 heteroatoms. The van der Waals surface area contributed by atoms with Crippen LogP contribution in [0.25, 0.3) is 11.1 Å². The molecule has 0 bridgehead atoms. The molecule has 156 valence electrons. The molecule has 0 aliphatic heterocycles. The monoisotopic (exact) mass is 425 g/mol. The summed E-state index contributed by atoms with van der Waals surface area (Å²) in [6.45, 7) is 3.64. The topological polar surface area (TPSA) is 59.4 Å². The number of carbonyl (C=O) groups is 1. The van der Waals surface area contributed by atoms with Gasteiger partial charge in [-0.25, -0.2) is 9.78 Å². The van der Waals surface area contributed by atoms with Gasteiger partial charge in [-0.15, -0.1) is 11.8 Å². The molecule has 1 fully saturated rings. The summed E-state index contributed by atoms with van der Waals surface area (Å²) in [7, 11) is 0. The number of hydrogen-bond donors (Lipinski definition) is 1. The lowest BCUT2D eigenvalue weighted by Crippen LogP contribution is -2.31. The molecule has 1 N–H and O–H groups in total. The van der Waals surface area contributed by atoms with Gasteiger partial charge in [-0.1, -0.05) is 38.1 Å². The zero-order valence-electron chi connectivity index (χ0n) is 16.1. The number of rotatable bonds is 7. The Labute approximate surface area is 171 Å². The fourth-order valence-electron chi connectivity index (χ4n) is 3.23. The second kappa shape index (κ2) is 8.75. The van der Waals surface area contributed by atoms with E-state index in [-0.39, 0.29) is 23.9 Å². The Bertz CT molecular complexity index is 862. The minimum absolute atomic E-state index is 0.0579. The fourth-order valence-corrected chi connectivity index (χ4v) is 4.09. The van der Waals surface area contributed by atoms with E-state index in [0.29, 0.717) is 16.2 Å². The van der Waals surface area contributed by atoms with Crippen molar-refractivity contribution in [1.82, 2.24) is 4.98 Å². The first-order valence-electron chi connectivity index (χ1n) is 9.31. The van der Waals surface area contributed by atoms with E-state index in [2.05, 4.69) is 4.98 Å². The number of ether oxygens (including phenoxy) is 1. The molecule has 1 aromatic carbocycles. The molecule has 1 saturated carbocycles. The molecule has 1 aliphatic rings. The van der Waals surface area contributed by atoms with Gasteiger partial charge in [-0.2, -0.15) is 13.2 Å². The number of thioether (sulfide) groups is 1. The molecular weight excluding hydrogens is 403 g/mol. The van der Waals surface area contributed by atoms with Crippen LogP contribution >= 0.6 is 11.8 Å². The van der Waals surface area contributed by atoms with E-state index in [1.54, 1.807) is 0 Å². The summed E-state index contributed by atoms with van der Waals surface area (Å²) in [6, 6.07) is 8.63. The number of aliphatic carboxylic acids is 1. The molecule has 1 heterocycles. The van der Waals surface area contributed by atoms with Crippen molar-refractivity contribution in [1.29, 1.82) is 0 Å². The molecule has 3 rings (SSSR count). The van der Waals surface area contributed by atoms with Gasteiger partial charge in [0.1, 0.15) is 11.6 Å². The second-order valence-electron chi connectivity index (χ2n) is 7.36. The van der Waals surface area contributed by atoms with Gasteiger partial charge >= 0.3 is 12.1 Å². The first-order chi connectivity index (χ1) is 13.6. The van der Waals surface area contributed by atoms with Crippen LogP contribution in [-0.2, 0) is 15.7 Å². The van der Waals surface area contributed by atoms with Crippen LogP contribution in [-0.4, -0.2) is 34.0 Å². The van der Waals surface area contributed by atoms with Crippen molar-refractivity contribution in [2.45, 2.75) is 55.2 Å². The van der Waals surface area contributed by atoms with Crippen LogP contribution in [0.4, 0.5) is 13.2 Å². The minimum Gasteiger partial charge on any atom is -0.480 e. The van der Waals surface area contributed by atoms with E-state index in [9.17, 15) is 18.0 Å². The van der Waals surface area contributed by atoms with Gasteiger partial charge in [0.25, 0.3) is 0 Å². The van der Waals surface area contributed by atoms with Crippen molar-refractivity contribution in [2.75, 3.05) is 6.61 Å². The highest BCUT2D eigenvalue weighted by atomic mass is 32.2. The quantitative estimate of drug-likeness (QED) is 0.584. The standard InChI is InChI=1S/C21H22F3NO3S/c1-12(2)29-20-18(9-16(10-25-20)21(22,23)24)14-5-3-13(4-6-14)15-7-17(8-15)28-11-19(26)27/h3-6,9-10,12,15,17H,7-8,11H2,1-2H3,(H,26,27). The average Bonchev–Trinajstić information content (AvgIpc) is 2.59. The average molecular weight is 425 g/mol. The van der Waals surface area contributed by atoms with E-state index >= 15 is 0 Å². The summed E-state index contributed by atoms with van der Waals surface area (Å²) < 4.78 is 44.7. The molecule has 4 nitrogen and oxygen atoms in total. The predicted molar refractivity (Wildman–Crippen MR) is 105 cm³/mol. The third kappa shape index (κ3) is 5.51. The third-order valence-electron chi connectivity index (χ3n) is 4.76. The molecule has 0 atom stereocenters. The summed E-state index contributed by atoms with van der Waals surface area (Å²) >= 11 is 1.43. The molecule has 29 heavy (non-hydrogen) atoms. The Kier molecular flexibility index (Phi) is 6.53. The number of pyridine rings is 1. The maximum atomic E-state index is 13.2. The third-order valence-corrected chi connectivity index (χ3v) is 5.78. The lowest BCUT2D eigenvalue weighted by molar-refractivity contribution is -0.146. The van der Waals surface area contributed by atoms with E-state index in [4.69, 9.17) is 9.84 Å². The van der Waals surface area contributed by atoms with E-state index < -0.39 is 17.7 Å². The highest BCUT2D eigenvalue weighted by Crippen LogP contribution is 2.41. The molecule has 1 aromatic heterocycles. The predicted octanol–water partition coefficient (Wildman–Crippen LogP) is 5.62. The summed E-state index contributed by atoms with van der Waals surface area (Å²) in [5, 5.41) is 9.41. The number of carboxylic acid groups (broad SMARTS) is 1. The SMILES string of the molecule is CC(C)Sc1ncc(C(F)(F)F)cc1-c1ccc(C2CC(OCC(=O)O)C2)cc1. The molecule has 0 amide bonds. The van der Waals surface area contributed by atoms with Crippen LogP contribution < -0.4 is 0 Å². The maximum absolute atomic E-state index is 13.2. The number of aromatic nitrogens is 1. The van der Waals surface area contributed by atoms with E-state index in [1.165, 1.54) is 11.8 Å². The molecule has 1 aliphatic carbocycles. The summed E-state index contributed by atoms with van der Waals surface area (Å²) in [6.07, 6.45) is -2.14. The Balaban J connectivity index is 1.77. The molecule has 0 saturated heterocycles. The summed E-state index contributed by atoms with van der Waals surface area (Å²) in [5.41, 5.74) is 1.47. The Hall–Kier alpha value is -2.06. The molecule has 0 radical (unpaired) electrons. The molecular formula is C21H22F3NO3S. The van der Waals surface area contributed by atoms with Gasteiger partial charge < -0.3 is 9.84 Å². The van der Waals surface area contributed by atoms with Crippen molar-refractivity contribution in [3.63, 3.8) is 0 Å². The normalized spacial score (nSPS) is 19.2. The van der Waals surface area contributed by atoms with Gasteiger partial charge in [0.05, 0.1) is 11.7 Å². The summed E-state index contributed by atoms with van der Waals surface area (Å²) in [4.78, 5) is 14.6.